The highest BCUT2D eigenvalue weighted by Gasteiger charge is 2.09. The third-order valence-corrected chi connectivity index (χ3v) is 2.77. The molecule has 1 aromatic heterocycles. The molecule has 0 fully saturated rings. The molecular formula is C11H9BrFN3O2. The van der Waals surface area contributed by atoms with Crippen LogP contribution in [0.1, 0.15) is 22.1 Å². The molecule has 1 aromatic carbocycles. The molecule has 0 saturated heterocycles. The van der Waals surface area contributed by atoms with E-state index in [2.05, 4.69) is 31.4 Å². The van der Waals surface area contributed by atoms with Crippen molar-refractivity contribution in [2.24, 2.45) is 0 Å². The molecule has 0 unspecified atom stereocenters. The van der Waals surface area contributed by atoms with Crippen molar-refractivity contribution in [3.63, 3.8) is 0 Å². The van der Waals surface area contributed by atoms with Crippen molar-refractivity contribution in [3.05, 3.63) is 45.8 Å². The highest BCUT2D eigenvalue weighted by Crippen LogP contribution is 2.16. The molecule has 1 heterocycles. The summed E-state index contributed by atoms with van der Waals surface area (Å²) in [4.78, 5) is 15.7. The Kier molecular flexibility index (Phi) is 3.71. The summed E-state index contributed by atoms with van der Waals surface area (Å²) in [5.74, 6) is 0.0734. The summed E-state index contributed by atoms with van der Waals surface area (Å²) >= 11 is 3.02. The van der Waals surface area contributed by atoms with Gasteiger partial charge in [0.1, 0.15) is 5.82 Å². The lowest BCUT2D eigenvalue weighted by atomic mass is 10.2. The average molecular weight is 314 g/mol. The number of hydrogen-bond acceptors (Lipinski definition) is 4. The van der Waals surface area contributed by atoms with Crippen molar-refractivity contribution in [2.45, 2.75) is 13.5 Å². The normalized spacial score (nSPS) is 10.4. The predicted molar refractivity (Wildman–Crippen MR) is 64.3 cm³/mol. The molecule has 0 aliphatic heterocycles. The monoisotopic (exact) mass is 313 g/mol. The lowest BCUT2D eigenvalue weighted by Crippen LogP contribution is -2.23. The van der Waals surface area contributed by atoms with Gasteiger partial charge in [0.2, 0.25) is 5.89 Å². The van der Waals surface area contributed by atoms with Crippen LogP contribution in [0.5, 0.6) is 0 Å². The molecule has 2 aromatic rings. The maximum atomic E-state index is 13.0. The lowest BCUT2D eigenvalue weighted by molar-refractivity contribution is 0.0949. The number of benzene rings is 1. The number of carbonyl (C=O) groups is 1. The third kappa shape index (κ3) is 2.92. The zero-order chi connectivity index (χ0) is 13.1. The number of nitrogens with one attached hydrogen (secondary N) is 1. The third-order valence-electron chi connectivity index (χ3n) is 2.16. The van der Waals surface area contributed by atoms with Crippen LogP contribution in [0.15, 0.2) is 27.2 Å². The molecule has 0 aliphatic rings. The second-order valence-electron chi connectivity index (χ2n) is 3.54. The van der Waals surface area contributed by atoms with E-state index < -0.39 is 5.82 Å². The Balaban J connectivity index is 2.01. The number of carbonyl (C=O) groups excluding carboxylic acids is 1. The van der Waals surface area contributed by atoms with Gasteiger partial charge in [-0.1, -0.05) is 5.16 Å². The van der Waals surface area contributed by atoms with Gasteiger partial charge in [0.05, 0.1) is 11.0 Å². The summed E-state index contributed by atoms with van der Waals surface area (Å²) in [6.07, 6.45) is 0. The minimum atomic E-state index is -0.416. The van der Waals surface area contributed by atoms with Crippen molar-refractivity contribution in [2.75, 3.05) is 0 Å². The Morgan fingerprint density at radius 1 is 1.56 bits per heavy atom. The van der Waals surface area contributed by atoms with Crippen molar-refractivity contribution < 1.29 is 13.7 Å². The minimum Gasteiger partial charge on any atom is -0.345 e. The van der Waals surface area contributed by atoms with Crippen molar-refractivity contribution >= 4 is 21.8 Å². The van der Waals surface area contributed by atoms with Gasteiger partial charge in [0, 0.05) is 12.5 Å². The molecular weight excluding hydrogens is 305 g/mol. The van der Waals surface area contributed by atoms with Gasteiger partial charge >= 0.3 is 0 Å². The summed E-state index contributed by atoms with van der Waals surface area (Å²) in [6.45, 7) is 1.82. The lowest BCUT2D eigenvalue weighted by Gasteiger charge is -2.03. The summed E-state index contributed by atoms with van der Waals surface area (Å²) < 4.78 is 18.0. The van der Waals surface area contributed by atoms with Gasteiger partial charge in [0.25, 0.3) is 5.91 Å². The van der Waals surface area contributed by atoms with Crippen molar-refractivity contribution in [1.82, 2.24) is 15.5 Å². The maximum absolute atomic E-state index is 13.0. The molecule has 0 radical (unpaired) electrons. The summed E-state index contributed by atoms with van der Waals surface area (Å²) in [7, 11) is 0. The number of aromatic nitrogens is 2. The molecule has 0 atom stereocenters. The Hall–Kier alpha value is -1.76. The van der Waals surface area contributed by atoms with Crippen molar-refractivity contribution in [3.8, 4) is 0 Å². The molecule has 0 saturated carbocycles. The SMILES string of the molecule is Cc1nc(CNC(=O)c2ccc(F)c(Br)c2)no1. The van der Waals surface area contributed by atoms with Crippen LogP contribution in [0.3, 0.4) is 0 Å². The Morgan fingerprint density at radius 3 is 2.94 bits per heavy atom. The number of halogens is 2. The smallest absolute Gasteiger partial charge is 0.251 e. The zero-order valence-corrected chi connectivity index (χ0v) is 11.0. The summed E-state index contributed by atoms with van der Waals surface area (Å²) in [6, 6.07) is 4.03. The summed E-state index contributed by atoms with van der Waals surface area (Å²) in [5.41, 5.74) is 0.350. The fourth-order valence-corrected chi connectivity index (χ4v) is 1.69. The van der Waals surface area contributed by atoms with E-state index in [9.17, 15) is 9.18 Å². The summed E-state index contributed by atoms with van der Waals surface area (Å²) in [5, 5.41) is 6.25. The largest absolute Gasteiger partial charge is 0.345 e. The second-order valence-corrected chi connectivity index (χ2v) is 4.40. The average Bonchev–Trinajstić information content (AvgIpc) is 2.75. The number of hydrogen-bond donors (Lipinski definition) is 1. The van der Waals surface area contributed by atoms with Gasteiger partial charge in [0.15, 0.2) is 5.82 Å². The zero-order valence-electron chi connectivity index (χ0n) is 9.41. The highest BCUT2D eigenvalue weighted by atomic mass is 79.9. The van der Waals surface area contributed by atoms with E-state index in [4.69, 9.17) is 4.52 Å². The van der Waals surface area contributed by atoms with Crippen LogP contribution < -0.4 is 5.32 Å². The van der Waals surface area contributed by atoms with Crippen molar-refractivity contribution in [1.29, 1.82) is 0 Å². The van der Waals surface area contributed by atoms with E-state index in [1.807, 2.05) is 0 Å². The van der Waals surface area contributed by atoms with Crippen LogP contribution in [0, 0.1) is 12.7 Å². The van der Waals surface area contributed by atoms with Crippen LogP contribution in [-0.2, 0) is 6.54 Å². The van der Waals surface area contributed by atoms with E-state index in [0.717, 1.165) is 0 Å². The first-order valence-corrected chi connectivity index (χ1v) is 5.88. The van der Waals surface area contributed by atoms with Gasteiger partial charge in [-0.05, 0) is 34.1 Å². The van der Waals surface area contributed by atoms with E-state index in [1.54, 1.807) is 6.92 Å². The Labute approximate surface area is 111 Å². The number of amides is 1. The molecule has 0 aliphatic carbocycles. The quantitative estimate of drug-likeness (QED) is 0.943. The van der Waals surface area contributed by atoms with E-state index in [1.165, 1.54) is 18.2 Å². The van der Waals surface area contributed by atoms with Gasteiger partial charge < -0.3 is 9.84 Å². The minimum absolute atomic E-state index is 0.158. The molecule has 18 heavy (non-hydrogen) atoms. The number of aryl methyl sites for hydroxylation is 1. The maximum Gasteiger partial charge on any atom is 0.251 e. The molecule has 1 amide bonds. The first-order valence-electron chi connectivity index (χ1n) is 5.08. The molecule has 2 rings (SSSR count). The van der Waals surface area contributed by atoms with Gasteiger partial charge in [-0.15, -0.1) is 0 Å². The van der Waals surface area contributed by atoms with Crippen LogP contribution in [-0.4, -0.2) is 16.0 Å². The van der Waals surface area contributed by atoms with Crippen LogP contribution in [0.2, 0.25) is 0 Å². The molecule has 7 heteroatoms. The molecule has 5 nitrogen and oxygen atoms in total. The highest BCUT2D eigenvalue weighted by molar-refractivity contribution is 9.10. The Bertz CT molecular complexity index is 585. The standard InChI is InChI=1S/C11H9BrFN3O2/c1-6-15-10(16-18-6)5-14-11(17)7-2-3-9(13)8(12)4-7/h2-4H,5H2,1H3,(H,14,17). The van der Waals surface area contributed by atoms with Gasteiger partial charge in [-0.25, -0.2) is 4.39 Å². The van der Waals surface area contributed by atoms with E-state index in [-0.39, 0.29) is 16.9 Å². The molecule has 1 N–H and O–H groups in total. The number of rotatable bonds is 3. The first-order chi connectivity index (χ1) is 8.56. The van der Waals surface area contributed by atoms with Gasteiger partial charge in [-0.3, -0.25) is 4.79 Å². The van der Waals surface area contributed by atoms with E-state index in [0.29, 0.717) is 17.3 Å². The topological polar surface area (TPSA) is 68.0 Å². The second kappa shape index (κ2) is 5.26. The predicted octanol–water partition coefficient (Wildman–Crippen LogP) is 2.21. The van der Waals surface area contributed by atoms with Crippen LogP contribution in [0.25, 0.3) is 0 Å². The molecule has 94 valence electrons. The fraction of sp³-hybridized carbons (Fsp3) is 0.182. The molecule has 0 bridgehead atoms. The van der Waals surface area contributed by atoms with E-state index >= 15 is 0 Å². The Morgan fingerprint density at radius 2 is 2.33 bits per heavy atom. The fourth-order valence-electron chi connectivity index (χ4n) is 1.31. The van der Waals surface area contributed by atoms with Gasteiger partial charge in [-0.2, -0.15) is 4.98 Å². The molecule has 0 spiro atoms. The van der Waals surface area contributed by atoms with Crippen LogP contribution >= 0.6 is 15.9 Å². The number of nitrogens with zero attached hydrogens (tertiary/aromatic N) is 2. The van der Waals surface area contributed by atoms with Crippen LogP contribution in [0.4, 0.5) is 4.39 Å². The first kappa shape index (κ1) is 12.7.